The maximum Gasteiger partial charge on any atom is 0.162 e. The fourth-order valence-electron chi connectivity index (χ4n) is 2.71. The third-order valence-corrected chi connectivity index (χ3v) is 5.15. The van der Waals surface area contributed by atoms with Crippen LogP contribution in [0, 0.1) is 0 Å². The van der Waals surface area contributed by atoms with E-state index in [1.165, 1.54) is 5.56 Å². The van der Waals surface area contributed by atoms with Gasteiger partial charge in [0.2, 0.25) is 0 Å². The Hall–Kier alpha value is -2.82. The normalized spacial score (nSPS) is 11.3. The Morgan fingerprint density at radius 3 is 2.82 bits per heavy atom. The van der Waals surface area contributed by atoms with Crippen molar-refractivity contribution in [3.8, 4) is 0 Å². The molecule has 144 valence electrons. The molecule has 4 rings (SSSR count). The largest absolute Gasteiger partial charge is 0.394 e. The smallest absolute Gasteiger partial charge is 0.162 e. The average Bonchev–Trinajstić information content (AvgIpc) is 3.35. The van der Waals surface area contributed by atoms with E-state index in [0.29, 0.717) is 6.54 Å². The van der Waals surface area contributed by atoms with Crippen LogP contribution in [0.15, 0.2) is 54.1 Å². The van der Waals surface area contributed by atoms with Crippen LogP contribution in [0.4, 0.5) is 0 Å². The van der Waals surface area contributed by atoms with Crippen LogP contribution in [-0.4, -0.2) is 53.1 Å². The van der Waals surface area contributed by atoms with Crippen LogP contribution in [0.25, 0.3) is 11.0 Å². The van der Waals surface area contributed by atoms with Gasteiger partial charge in [0.15, 0.2) is 5.65 Å². The number of nitrogens with zero attached hydrogens (tertiary/aromatic N) is 7. The molecule has 0 aliphatic heterocycles. The molecule has 0 radical (unpaired) electrons. The second kappa shape index (κ2) is 8.91. The third kappa shape index (κ3) is 4.19. The molecule has 0 bridgehead atoms. The van der Waals surface area contributed by atoms with Gasteiger partial charge in [0, 0.05) is 5.75 Å². The third-order valence-electron chi connectivity index (χ3n) is 4.07. The van der Waals surface area contributed by atoms with Crippen molar-refractivity contribution in [2.24, 2.45) is 0 Å². The van der Waals surface area contributed by atoms with Crippen molar-refractivity contribution in [1.82, 2.24) is 34.7 Å². The van der Waals surface area contributed by atoms with Crippen molar-refractivity contribution in [3.63, 3.8) is 0 Å². The number of hydrogen-bond acceptors (Lipinski definition) is 8. The fraction of sp³-hybridized carbons (Fsp3) is 0.278. The van der Waals surface area contributed by atoms with Crippen molar-refractivity contribution in [2.45, 2.75) is 24.1 Å². The van der Waals surface area contributed by atoms with Crippen LogP contribution in [0.2, 0.25) is 0 Å². The molecule has 0 aliphatic carbocycles. The van der Waals surface area contributed by atoms with Gasteiger partial charge in [-0.25, -0.2) is 19.3 Å². The minimum atomic E-state index is -0.0336. The van der Waals surface area contributed by atoms with Gasteiger partial charge < -0.3 is 9.84 Å². The van der Waals surface area contributed by atoms with Crippen LogP contribution in [0.3, 0.4) is 0 Å². The van der Waals surface area contributed by atoms with E-state index in [0.717, 1.165) is 27.5 Å². The maximum absolute atomic E-state index is 8.83. The number of aliphatic hydroxyl groups is 1. The second-order valence-corrected chi connectivity index (χ2v) is 6.94. The quantitative estimate of drug-likeness (QED) is 0.259. The number of fused-ring (bicyclic) bond motifs is 1. The van der Waals surface area contributed by atoms with Gasteiger partial charge in [-0.15, -0.1) is 16.9 Å². The molecule has 0 unspecified atom stereocenters. The van der Waals surface area contributed by atoms with Gasteiger partial charge in [-0.1, -0.05) is 35.5 Å². The van der Waals surface area contributed by atoms with Crippen LogP contribution in [0.1, 0.15) is 11.3 Å². The summed E-state index contributed by atoms with van der Waals surface area (Å²) in [5, 5.41) is 23.1. The molecule has 3 aromatic heterocycles. The summed E-state index contributed by atoms with van der Waals surface area (Å²) in [6.07, 6.45) is 5.02. The maximum atomic E-state index is 8.83. The zero-order valence-corrected chi connectivity index (χ0v) is 15.9. The van der Waals surface area contributed by atoms with Crippen molar-refractivity contribution in [1.29, 1.82) is 0 Å². The highest BCUT2D eigenvalue weighted by Crippen LogP contribution is 2.27. The molecule has 0 spiro atoms. The van der Waals surface area contributed by atoms with Gasteiger partial charge in [0.05, 0.1) is 43.2 Å². The average molecular weight is 397 g/mol. The first-order valence-corrected chi connectivity index (χ1v) is 9.73. The van der Waals surface area contributed by atoms with Crippen molar-refractivity contribution in [2.75, 3.05) is 13.2 Å². The Morgan fingerprint density at radius 1 is 1.07 bits per heavy atom. The highest BCUT2D eigenvalue weighted by Gasteiger charge is 2.13. The second-order valence-electron chi connectivity index (χ2n) is 5.98. The van der Waals surface area contributed by atoms with Gasteiger partial charge in [0.25, 0.3) is 0 Å². The molecular weight excluding hydrogens is 378 g/mol. The van der Waals surface area contributed by atoms with Gasteiger partial charge in [0.1, 0.15) is 18.1 Å². The Kier molecular flexibility index (Phi) is 5.90. The van der Waals surface area contributed by atoms with E-state index in [2.05, 4.69) is 37.5 Å². The van der Waals surface area contributed by atoms with E-state index in [9.17, 15) is 0 Å². The summed E-state index contributed by atoms with van der Waals surface area (Å²) >= 11 is 1.66. The van der Waals surface area contributed by atoms with Crippen molar-refractivity contribution in [3.05, 3.63) is 60.3 Å². The number of aromatic nitrogens is 7. The SMILES string of the molecule is OCCOCn1nncc1Cn1ncc2c(SCc3ccccc3)ncnc21. The van der Waals surface area contributed by atoms with E-state index in [4.69, 9.17) is 9.84 Å². The van der Waals surface area contributed by atoms with Gasteiger partial charge >= 0.3 is 0 Å². The number of rotatable bonds is 9. The molecule has 4 aromatic rings. The molecular formula is C18H19N7O2S. The highest BCUT2D eigenvalue weighted by atomic mass is 32.2. The monoisotopic (exact) mass is 397 g/mol. The zero-order chi connectivity index (χ0) is 19.2. The van der Waals surface area contributed by atoms with Gasteiger partial charge in [-0.3, -0.25) is 0 Å². The molecule has 1 N–H and O–H groups in total. The van der Waals surface area contributed by atoms with Gasteiger partial charge in [-0.2, -0.15) is 5.10 Å². The van der Waals surface area contributed by atoms with Crippen LogP contribution < -0.4 is 0 Å². The molecule has 0 fully saturated rings. The Bertz CT molecular complexity index is 1030. The first-order valence-electron chi connectivity index (χ1n) is 8.74. The molecule has 28 heavy (non-hydrogen) atoms. The predicted molar refractivity (Wildman–Crippen MR) is 103 cm³/mol. The lowest BCUT2D eigenvalue weighted by Crippen LogP contribution is -2.13. The molecule has 0 saturated carbocycles. The summed E-state index contributed by atoms with van der Waals surface area (Å²) in [7, 11) is 0. The molecule has 0 atom stereocenters. The van der Waals surface area contributed by atoms with Gasteiger partial charge in [-0.05, 0) is 5.56 Å². The van der Waals surface area contributed by atoms with Crippen LogP contribution in [-0.2, 0) is 23.8 Å². The van der Waals surface area contributed by atoms with Crippen molar-refractivity contribution < 1.29 is 9.84 Å². The molecule has 0 aliphatic rings. The fourth-order valence-corrected chi connectivity index (χ4v) is 3.62. The van der Waals surface area contributed by atoms with Crippen molar-refractivity contribution >= 4 is 22.8 Å². The number of hydrogen-bond donors (Lipinski definition) is 1. The topological polar surface area (TPSA) is 104 Å². The summed E-state index contributed by atoms with van der Waals surface area (Å²) in [5.74, 6) is 0.830. The molecule has 9 nitrogen and oxygen atoms in total. The van der Waals surface area contributed by atoms with Crippen LogP contribution in [0.5, 0.6) is 0 Å². The Morgan fingerprint density at radius 2 is 1.96 bits per heavy atom. The standard InChI is InChI=1S/C18H19N7O2S/c26-6-7-27-13-25-15(8-21-23-25)10-24-17-16(9-22-24)18(20-12-19-17)28-11-14-4-2-1-3-5-14/h1-5,8-9,12,26H,6-7,10-11,13H2. The number of benzene rings is 1. The lowest BCUT2D eigenvalue weighted by molar-refractivity contribution is 0.0393. The number of aliphatic hydroxyl groups excluding tert-OH is 1. The summed E-state index contributed by atoms with van der Waals surface area (Å²) in [6.45, 7) is 0.897. The minimum absolute atomic E-state index is 0.0336. The molecule has 0 amide bonds. The van der Waals surface area contributed by atoms with E-state index in [-0.39, 0.29) is 19.9 Å². The zero-order valence-electron chi connectivity index (χ0n) is 15.0. The number of ether oxygens (including phenoxy) is 1. The molecule has 3 heterocycles. The van der Waals surface area contributed by atoms with Crippen LogP contribution >= 0.6 is 11.8 Å². The first kappa shape index (κ1) is 18.5. The lowest BCUT2D eigenvalue weighted by atomic mass is 10.2. The highest BCUT2D eigenvalue weighted by molar-refractivity contribution is 7.98. The predicted octanol–water partition coefficient (Wildman–Crippen LogP) is 1.72. The summed E-state index contributed by atoms with van der Waals surface area (Å²) in [4.78, 5) is 8.83. The minimum Gasteiger partial charge on any atom is -0.394 e. The van der Waals surface area contributed by atoms with E-state index in [1.807, 2.05) is 18.2 Å². The summed E-state index contributed by atoms with van der Waals surface area (Å²) in [6, 6.07) is 10.3. The first-order chi connectivity index (χ1) is 13.8. The van der Waals surface area contributed by atoms with E-state index < -0.39 is 0 Å². The Balaban J connectivity index is 1.51. The molecule has 1 aromatic carbocycles. The van der Waals surface area contributed by atoms with E-state index in [1.54, 1.807) is 39.8 Å². The molecule has 0 saturated heterocycles. The number of thioether (sulfide) groups is 1. The lowest BCUT2D eigenvalue weighted by Gasteiger charge is -2.07. The Labute approximate surface area is 165 Å². The molecule has 10 heteroatoms. The summed E-state index contributed by atoms with van der Waals surface area (Å²) in [5.41, 5.74) is 2.83. The summed E-state index contributed by atoms with van der Waals surface area (Å²) < 4.78 is 8.75. The van der Waals surface area contributed by atoms with E-state index >= 15 is 0 Å².